The van der Waals surface area contributed by atoms with Crippen LogP contribution in [0.5, 0.6) is 0 Å². The van der Waals surface area contributed by atoms with E-state index in [1.165, 1.54) is 5.39 Å². The maximum atomic E-state index is 12.6. The molecule has 7 nitrogen and oxygen atoms in total. The summed E-state index contributed by atoms with van der Waals surface area (Å²) in [6.45, 7) is 3.53. The van der Waals surface area contributed by atoms with Crippen LogP contribution in [0, 0.1) is 6.92 Å². The van der Waals surface area contributed by atoms with E-state index in [1.807, 2.05) is 12.3 Å². The number of nitrogens with two attached hydrogens (primary N) is 1. The van der Waals surface area contributed by atoms with Crippen molar-refractivity contribution in [3.63, 3.8) is 0 Å². The molecule has 0 unspecified atom stereocenters. The molecule has 0 aromatic carbocycles. The molecule has 3 aromatic heterocycles. The molecule has 7 heteroatoms. The number of nitrogens with zero attached hydrogens (tertiary/aromatic N) is 3. The number of carbonyl (C=O) groups excluding carboxylic acids is 1. The summed E-state index contributed by atoms with van der Waals surface area (Å²) in [4.78, 5) is 21.3. The zero-order chi connectivity index (χ0) is 19.0. The molecule has 0 radical (unpaired) electrons. The first-order valence-corrected chi connectivity index (χ1v) is 9.48. The standard InChI is InChI=1S/C20H25N5O2/c1-12(21)20-24-17(13(2)27-20)19(26)23-15-5-7-16(8-6-15)25-11-9-14-4-3-10-22-18(14)25/h3-4,9-12,15-16H,5-8,21H2,1-2H3,(H,23,26)/t12-,15?,16?/m1/s1. The summed E-state index contributed by atoms with van der Waals surface area (Å²) in [5.41, 5.74) is 7.16. The average Bonchev–Trinajstić information content (AvgIpc) is 3.26. The SMILES string of the molecule is Cc1oc([C@@H](C)N)nc1C(=O)NC1CCC(n2ccc3cccnc32)CC1. The van der Waals surface area contributed by atoms with Crippen LogP contribution in [0.25, 0.3) is 11.0 Å². The van der Waals surface area contributed by atoms with E-state index in [1.54, 1.807) is 13.8 Å². The normalized spacial score (nSPS) is 21.3. The minimum absolute atomic E-state index is 0.151. The number of hydrogen-bond donors (Lipinski definition) is 2. The highest BCUT2D eigenvalue weighted by atomic mass is 16.4. The zero-order valence-electron chi connectivity index (χ0n) is 15.7. The number of aryl methyl sites for hydroxylation is 1. The maximum absolute atomic E-state index is 12.6. The molecule has 3 aromatic rings. The van der Waals surface area contributed by atoms with Crippen LogP contribution in [0.3, 0.4) is 0 Å². The molecule has 1 amide bonds. The van der Waals surface area contributed by atoms with Crippen molar-refractivity contribution < 1.29 is 9.21 Å². The van der Waals surface area contributed by atoms with Crippen LogP contribution in [0.2, 0.25) is 0 Å². The Morgan fingerprint density at radius 2 is 2.11 bits per heavy atom. The highest BCUT2D eigenvalue weighted by molar-refractivity contribution is 5.93. The van der Waals surface area contributed by atoms with Crippen molar-refractivity contribution >= 4 is 16.9 Å². The number of nitrogens with one attached hydrogen (secondary N) is 1. The van der Waals surface area contributed by atoms with Crippen LogP contribution in [0.1, 0.15) is 66.8 Å². The number of hydrogen-bond acceptors (Lipinski definition) is 5. The fourth-order valence-electron chi connectivity index (χ4n) is 3.86. The first kappa shape index (κ1) is 17.7. The third kappa shape index (κ3) is 3.47. The predicted octanol–water partition coefficient (Wildman–Crippen LogP) is 3.27. The van der Waals surface area contributed by atoms with Gasteiger partial charge in [0.05, 0.1) is 6.04 Å². The van der Waals surface area contributed by atoms with Gasteiger partial charge in [-0.05, 0) is 57.7 Å². The lowest BCUT2D eigenvalue weighted by Crippen LogP contribution is -2.38. The van der Waals surface area contributed by atoms with Crippen LogP contribution >= 0.6 is 0 Å². The van der Waals surface area contributed by atoms with Gasteiger partial charge in [-0.25, -0.2) is 9.97 Å². The molecule has 1 fully saturated rings. The Morgan fingerprint density at radius 1 is 1.33 bits per heavy atom. The van der Waals surface area contributed by atoms with Crippen molar-refractivity contribution in [2.24, 2.45) is 5.73 Å². The quantitative estimate of drug-likeness (QED) is 0.737. The summed E-state index contributed by atoms with van der Waals surface area (Å²) in [7, 11) is 0. The van der Waals surface area contributed by atoms with Gasteiger partial charge < -0.3 is 20.0 Å². The molecule has 3 heterocycles. The Labute approximate surface area is 158 Å². The topological polar surface area (TPSA) is 99.0 Å². The van der Waals surface area contributed by atoms with Crippen LogP contribution in [-0.4, -0.2) is 26.5 Å². The van der Waals surface area contributed by atoms with Gasteiger partial charge >= 0.3 is 0 Å². The van der Waals surface area contributed by atoms with Gasteiger partial charge in [-0.15, -0.1) is 0 Å². The Hall–Kier alpha value is -2.67. The minimum Gasteiger partial charge on any atom is -0.443 e. The van der Waals surface area contributed by atoms with Gasteiger partial charge in [0.2, 0.25) is 5.89 Å². The second kappa shape index (κ2) is 7.15. The second-order valence-electron chi connectivity index (χ2n) is 7.36. The molecule has 1 saturated carbocycles. The largest absolute Gasteiger partial charge is 0.443 e. The summed E-state index contributed by atoms with van der Waals surface area (Å²) in [5.74, 6) is 0.728. The van der Waals surface area contributed by atoms with E-state index < -0.39 is 0 Å². The zero-order valence-corrected chi connectivity index (χ0v) is 15.7. The first-order chi connectivity index (χ1) is 13.0. The number of carbonyl (C=O) groups is 1. The van der Waals surface area contributed by atoms with E-state index in [9.17, 15) is 4.79 Å². The molecule has 27 heavy (non-hydrogen) atoms. The third-order valence-corrected chi connectivity index (χ3v) is 5.32. The molecule has 0 bridgehead atoms. The lowest BCUT2D eigenvalue weighted by Gasteiger charge is -2.30. The smallest absolute Gasteiger partial charge is 0.273 e. The van der Waals surface area contributed by atoms with Gasteiger partial charge in [0.15, 0.2) is 5.69 Å². The molecule has 1 atom stereocenters. The van der Waals surface area contributed by atoms with Gasteiger partial charge in [0.25, 0.3) is 5.91 Å². The molecule has 1 aliphatic rings. The number of rotatable bonds is 4. The van der Waals surface area contributed by atoms with E-state index in [4.69, 9.17) is 10.2 Å². The lowest BCUT2D eigenvalue weighted by atomic mass is 9.91. The Morgan fingerprint density at radius 3 is 2.81 bits per heavy atom. The highest BCUT2D eigenvalue weighted by Gasteiger charge is 2.26. The Balaban J connectivity index is 1.39. The van der Waals surface area contributed by atoms with Crippen LogP contribution in [0.15, 0.2) is 35.0 Å². The van der Waals surface area contributed by atoms with Crippen molar-refractivity contribution in [1.82, 2.24) is 19.9 Å². The number of amides is 1. The number of fused-ring (bicyclic) bond motifs is 1. The maximum Gasteiger partial charge on any atom is 0.273 e. The van der Waals surface area contributed by atoms with Gasteiger partial charge in [0, 0.05) is 29.9 Å². The fraction of sp³-hybridized carbons (Fsp3) is 0.450. The van der Waals surface area contributed by atoms with E-state index in [0.29, 0.717) is 23.4 Å². The number of pyridine rings is 1. The summed E-state index contributed by atoms with van der Waals surface area (Å²) in [5, 5.41) is 4.27. The summed E-state index contributed by atoms with van der Waals surface area (Å²) in [6, 6.07) is 6.40. The molecule has 1 aliphatic carbocycles. The molecule has 0 saturated heterocycles. The molecule has 0 spiro atoms. The van der Waals surface area contributed by atoms with Crippen molar-refractivity contribution in [3.05, 3.63) is 47.9 Å². The fourth-order valence-corrected chi connectivity index (χ4v) is 3.86. The van der Waals surface area contributed by atoms with E-state index in [-0.39, 0.29) is 18.0 Å². The highest BCUT2D eigenvalue weighted by Crippen LogP contribution is 2.31. The van der Waals surface area contributed by atoms with Crippen LogP contribution in [-0.2, 0) is 0 Å². The molecular formula is C20H25N5O2. The molecule has 4 rings (SSSR count). The predicted molar refractivity (Wildman–Crippen MR) is 102 cm³/mol. The van der Waals surface area contributed by atoms with Crippen LogP contribution in [0.4, 0.5) is 0 Å². The average molecular weight is 367 g/mol. The molecule has 3 N–H and O–H groups in total. The van der Waals surface area contributed by atoms with E-state index in [0.717, 1.165) is 31.3 Å². The summed E-state index contributed by atoms with van der Waals surface area (Å²) >= 11 is 0. The Bertz CT molecular complexity index is 950. The van der Waals surface area contributed by atoms with E-state index in [2.05, 4.69) is 38.2 Å². The summed E-state index contributed by atoms with van der Waals surface area (Å²) in [6.07, 6.45) is 7.83. The minimum atomic E-state index is -0.328. The Kier molecular flexibility index (Phi) is 4.70. The van der Waals surface area contributed by atoms with Gasteiger partial charge in [-0.2, -0.15) is 0 Å². The van der Waals surface area contributed by atoms with Crippen molar-refractivity contribution in [2.45, 2.75) is 57.7 Å². The van der Waals surface area contributed by atoms with Gasteiger partial charge in [-0.3, -0.25) is 4.79 Å². The van der Waals surface area contributed by atoms with Crippen molar-refractivity contribution in [1.29, 1.82) is 0 Å². The summed E-state index contributed by atoms with van der Waals surface area (Å²) < 4.78 is 7.75. The third-order valence-electron chi connectivity index (χ3n) is 5.32. The molecular weight excluding hydrogens is 342 g/mol. The van der Waals surface area contributed by atoms with E-state index >= 15 is 0 Å². The van der Waals surface area contributed by atoms with Crippen molar-refractivity contribution in [2.75, 3.05) is 0 Å². The number of oxazole rings is 1. The molecule has 142 valence electrons. The van der Waals surface area contributed by atoms with Gasteiger partial charge in [-0.1, -0.05) is 0 Å². The molecule has 0 aliphatic heterocycles. The monoisotopic (exact) mass is 367 g/mol. The van der Waals surface area contributed by atoms with Crippen molar-refractivity contribution in [3.8, 4) is 0 Å². The van der Waals surface area contributed by atoms with Gasteiger partial charge in [0.1, 0.15) is 11.4 Å². The van der Waals surface area contributed by atoms with Crippen LogP contribution < -0.4 is 11.1 Å². The lowest BCUT2D eigenvalue weighted by molar-refractivity contribution is 0.0916. The first-order valence-electron chi connectivity index (χ1n) is 9.48. The number of aromatic nitrogens is 3. The second-order valence-corrected chi connectivity index (χ2v) is 7.36.